The zero-order chi connectivity index (χ0) is 12.3. The minimum atomic E-state index is -0.158. The van der Waals surface area contributed by atoms with Crippen LogP contribution >= 0.6 is 11.5 Å². The van der Waals surface area contributed by atoms with Gasteiger partial charge >= 0.3 is 5.97 Å². The van der Waals surface area contributed by atoms with Gasteiger partial charge in [-0.3, -0.25) is 4.79 Å². The van der Waals surface area contributed by atoms with E-state index in [1.54, 1.807) is 0 Å². The van der Waals surface area contributed by atoms with Crippen LogP contribution in [0.15, 0.2) is 0 Å². The van der Waals surface area contributed by atoms with Crippen molar-refractivity contribution in [3.63, 3.8) is 0 Å². The molecule has 0 aromatic carbocycles. The maximum absolute atomic E-state index is 11.0. The van der Waals surface area contributed by atoms with Gasteiger partial charge in [0.15, 0.2) is 0 Å². The number of hydrogen-bond acceptors (Lipinski definition) is 6. The zero-order valence-electron chi connectivity index (χ0n) is 10.2. The van der Waals surface area contributed by atoms with Crippen LogP contribution < -0.4 is 4.90 Å². The van der Waals surface area contributed by atoms with Gasteiger partial charge in [-0.05, 0) is 19.3 Å². The van der Waals surface area contributed by atoms with Crippen LogP contribution in [-0.2, 0) is 9.53 Å². The van der Waals surface area contributed by atoms with Gasteiger partial charge in [0.2, 0.25) is 5.13 Å². The molecule has 17 heavy (non-hydrogen) atoms. The molecule has 1 aromatic heterocycles. The molecule has 0 radical (unpaired) electrons. The third-order valence-electron chi connectivity index (χ3n) is 2.80. The molecule has 0 atom stereocenters. The Balaban J connectivity index is 1.77. The fourth-order valence-electron chi connectivity index (χ4n) is 1.55. The molecule has 1 aromatic rings. The van der Waals surface area contributed by atoms with Crippen molar-refractivity contribution in [3.8, 4) is 0 Å². The Morgan fingerprint density at radius 1 is 1.59 bits per heavy atom. The van der Waals surface area contributed by atoms with Gasteiger partial charge in [-0.2, -0.15) is 4.37 Å². The van der Waals surface area contributed by atoms with Crippen LogP contribution in [-0.4, -0.2) is 36.0 Å². The van der Waals surface area contributed by atoms with Crippen LogP contribution in [0.4, 0.5) is 5.13 Å². The third-order valence-corrected chi connectivity index (χ3v) is 3.65. The molecule has 1 heterocycles. The summed E-state index contributed by atoms with van der Waals surface area (Å²) in [6, 6.07) is 0. The maximum Gasteiger partial charge on any atom is 0.305 e. The van der Waals surface area contributed by atoms with E-state index >= 15 is 0 Å². The van der Waals surface area contributed by atoms with Gasteiger partial charge in [0.1, 0.15) is 5.82 Å². The van der Waals surface area contributed by atoms with E-state index in [1.807, 2.05) is 11.9 Å². The second-order valence-electron chi connectivity index (χ2n) is 4.31. The lowest BCUT2D eigenvalue weighted by Gasteiger charge is -2.14. The molecule has 1 aliphatic carbocycles. The molecule has 0 saturated heterocycles. The van der Waals surface area contributed by atoms with Gasteiger partial charge in [-0.1, -0.05) is 0 Å². The van der Waals surface area contributed by atoms with Crippen LogP contribution in [0.5, 0.6) is 0 Å². The van der Waals surface area contributed by atoms with Crippen molar-refractivity contribution in [1.82, 2.24) is 9.36 Å². The molecule has 0 amide bonds. The fraction of sp³-hybridized carbons (Fsp3) is 0.727. The molecule has 0 bridgehead atoms. The van der Waals surface area contributed by atoms with Gasteiger partial charge in [-0.25, -0.2) is 4.98 Å². The SMILES string of the molecule is COC(=O)CCCN(C)c1nc(C2CC2)ns1. The Hall–Kier alpha value is -1.17. The Morgan fingerprint density at radius 2 is 2.35 bits per heavy atom. The van der Waals surface area contributed by atoms with Gasteiger partial charge in [0, 0.05) is 37.5 Å². The topological polar surface area (TPSA) is 55.3 Å². The first-order valence-electron chi connectivity index (χ1n) is 5.82. The number of nitrogens with zero attached hydrogens (tertiary/aromatic N) is 3. The summed E-state index contributed by atoms with van der Waals surface area (Å²) in [5.41, 5.74) is 0. The Bertz CT molecular complexity index is 390. The third kappa shape index (κ3) is 3.39. The van der Waals surface area contributed by atoms with Gasteiger partial charge in [-0.15, -0.1) is 0 Å². The highest BCUT2D eigenvalue weighted by Crippen LogP contribution is 2.39. The molecule has 0 unspecified atom stereocenters. The maximum atomic E-state index is 11.0. The Labute approximate surface area is 105 Å². The first kappa shape index (κ1) is 12.3. The second-order valence-corrected chi connectivity index (χ2v) is 5.04. The quantitative estimate of drug-likeness (QED) is 0.726. The smallest absolute Gasteiger partial charge is 0.305 e. The molecule has 6 heteroatoms. The summed E-state index contributed by atoms with van der Waals surface area (Å²) in [6.07, 6.45) is 3.68. The number of ether oxygens (including phenoxy) is 1. The molecule has 1 fully saturated rings. The molecule has 0 aliphatic heterocycles. The van der Waals surface area contributed by atoms with Crippen molar-refractivity contribution < 1.29 is 9.53 Å². The number of aromatic nitrogens is 2. The summed E-state index contributed by atoms with van der Waals surface area (Å²) in [4.78, 5) is 17.5. The molecule has 94 valence electrons. The van der Waals surface area contributed by atoms with Crippen LogP contribution in [0.25, 0.3) is 0 Å². The molecule has 1 aliphatic rings. The van der Waals surface area contributed by atoms with Crippen molar-refractivity contribution in [3.05, 3.63) is 5.82 Å². The van der Waals surface area contributed by atoms with Crippen LogP contribution in [0.1, 0.15) is 37.4 Å². The lowest BCUT2D eigenvalue weighted by atomic mass is 10.3. The second kappa shape index (κ2) is 5.44. The highest BCUT2D eigenvalue weighted by Gasteiger charge is 2.28. The van der Waals surface area contributed by atoms with E-state index in [4.69, 9.17) is 0 Å². The van der Waals surface area contributed by atoms with Crippen molar-refractivity contribution in [2.45, 2.75) is 31.6 Å². The number of methoxy groups -OCH3 is 1. The molecule has 0 N–H and O–H groups in total. The Kier molecular flexibility index (Phi) is 3.93. The summed E-state index contributed by atoms with van der Waals surface area (Å²) in [6.45, 7) is 0.800. The molecule has 5 nitrogen and oxygen atoms in total. The number of anilines is 1. The van der Waals surface area contributed by atoms with Gasteiger partial charge in [0.05, 0.1) is 7.11 Å². The summed E-state index contributed by atoms with van der Waals surface area (Å²) < 4.78 is 8.95. The summed E-state index contributed by atoms with van der Waals surface area (Å²) in [5.74, 6) is 1.43. The molecular formula is C11H17N3O2S. The monoisotopic (exact) mass is 255 g/mol. The van der Waals surface area contributed by atoms with E-state index in [2.05, 4.69) is 14.1 Å². The largest absolute Gasteiger partial charge is 0.469 e. The first-order valence-corrected chi connectivity index (χ1v) is 6.59. The highest BCUT2D eigenvalue weighted by atomic mass is 32.1. The summed E-state index contributed by atoms with van der Waals surface area (Å²) >= 11 is 1.44. The van der Waals surface area contributed by atoms with Crippen LogP contribution in [0.2, 0.25) is 0 Å². The average molecular weight is 255 g/mol. The minimum Gasteiger partial charge on any atom is -0.469 e. The zero-order valence-corrected chi connectivity index (χ0v) is 11.0. The van der Waals surface area contributed by atoms with E-state index in [0.717, 1.165) is 23.9 Å². The molecule has 0 spiro atoms. The predicted molar refractivity (Wildman–Crippen MR) is 66.4 cm³/mol. The number of rotatable bonds is 6. The van der Waals surface area contributed by atoms with Crippen LogP contribution in [0, 0.1) is 0 Å². The van der Waals surface area contributed by atoms with E-state index in [-0.39, 0.29) is 5.97 Å². The molecular weight excluding hydrogens is 238 g/mol. The van der Waals surface area contributed by atoms with Crippen molar-refractivity contribution >= 4 is 22.6 Å². The number of esters is 1. The summed E-state index contributed by atoms with van der Waals surface area (Å²) in [7, 11) is 3.40. The average Bonchev–Trinajstić information content (AvgIpc) is 3.06. The Morgan fingerprint density at radius 3 is 3.00 bits per heavy atom. The van der Waals surface area contributed by atoms with Crippen molar-refractivity contribution in [2.75, 3.05) is 25.6 Å². The van der Waals surface area contributed by atoms with E-state index in [1.165, 1.54) is 31.5 Å². The lowest BCUT2D eigenvalue weighted by Crippen LogP contribution is -2.19. The number of carbonyl (C=O) groups is 1. The van der Waals surface area contributed by atoms with Crippen LogP contribution in [0.3, 0.4) is 0 Å². The van der Waals surface area contributed by atoms with Gasteiger partial charge in [0.25, 0.3) is 0 Å². The standard InChI is InChI=1S/C11H17N3O2S/c1-14(7-3-4-9(15)16-2)11-12-10(13-17-11)8-5-6-8/h8H,3-7H2,1-2H3. The minimum absolute atomic E-state index is 0.158. The van der Waals surface area contributed by atoms with E-state index in [0.29, 0.717) is 12.3 Å². The molecule has 1 saturated carbocycles. The molecule has 2 rings (SSSR count). The van der Waals surface area contributed by atoms with E-state index in [9.17, 15) is 4.79 Å². The normalized spacial score (nSPS) is 14.7. The van der Waals surface area contributed by atoms with Crippen molar-refractivity contribution in [1.29, 1.82) is 0 Å². The van der Waals surface area contributed by atoms with Gasteiger partial charge < -0.3 is 9.64 Å². The summed E-state index contributed by atoms with van der Waals surface area (Å²) in [5, 5.41) is 0.941. The highest BCUT2D eigenvalue weighted by molar-refractivity contribution is 7.09. The lowest BCUT2D eigenvalue weighted by molar-refractivity contribution is -0.140. The first-order chi connectivity index (χ1) is 8.20. The van der Waals surface area contributed by atoms with E-state index < -0.39 is 0 Å². The van der Waals surface area contributed by atoms with Crippen molar-refractivity contribution in [2.24, 2.45) is 0 Å². The predicted octanol–water partition coefficient (Wildman–Crippen LogP) is 1.80. The number of carbonyl (C=O) groups excluding carboxylic acids is 1. The number of hydrogen-bond donors (Lipinski definition) is 0. The fourth-order valence-corrected chi connectivity index (χ4v) is 2.28.